The van der Waals surface area contributed by atoms with E-state index in [0.29, 0.717) is 5.69 Å². The van der Waals surface area contributed by atoms with Crippen LogP contribution < -0.4 is 0 Å². The van der Waals surface area contributed by atoms with Gasteiger partial charge in [-0.2, -0.15) is 5.10 Å². The molecular formula is C11H9BrN2O2. The van der Waals surface area contributed by atoms with Crippen molar-refractivity contribution in [3.8, 4) is 5.69 Å². The molecule has 2 rings (SSSR count). The van der Waals surface area contributed by atoms with Gasteiger partial charge in [0.2, 0.25) is 0 Å². The van der Waals surface area contributed by atoms with E-state index in [1.807, 2.05) is 24.3 Å². The summed E-state index contributed by atoms with van der Waals surface area (Å²) in [7, 11) is 0. The first-order valence-electron chi connectivity index (χ1n) is 4.63. The molecule has 0 aliphatic heterocycles. The van der Waals surface area contributed by atoms with Crippen LogP contribution in [0.1, 0.15) is 16.1 Å². The van der Waals surface area contributed by atoms with Crippen molar-refractivity contribution in [2.75, 3.05) is 0 Å². The number of aromatic carboxylic acids is 1. The van der Waals surface area contributed by atoms with E-state index in [-0.39, 0.29) is 5.56 Å². The lowest BCUT2D eigenvalue weighted by Gasteiger charge is -2.00. The van der Waals surface area contributed by atoms with E-state index in [1.165, 1.54) is 6.20 Å². The van der Waals surface area contributed by atoms with Crippen LogP contribution in [0.25, 0.3) is 5.69 Å². The number of benzene rings is 1. The van der Waals surface area contributed by atoms with Crippen LogP contribution in [0.5, 0.6) is 0 Å². The van der Waals surface area contributed by atoms with Gasteiger partial charge in [0.15, 0.2) is 0 Å². The van der Waals surface area contributed by atoms with Gasteiger partial charge in [-0.3, -0.25) is 0 Å². The molecule has 1 N–H and O–H groups in total. The third-order valence-corrected chi connectivity index (χ3v) is 2.75. The summed E-state index contributed by atoms with van der Waals surface area (Å²) in [4.78, 5) is 10.9. The molecule has 0 saturated heterocycles. The summed E-state index contributed by atoms with van der Waals surface area (Å²) in [5.41, 5.74) is 1.57. The fourth-order valence-electron chi connectivity index (χ4n) is 1.40. The Labute approximate surface area is 101 Å². The third kappa shape index (κ3) is 1.99. The molecule has 16 heavy (non-hydrogen) atoms. The Kier molecular flexibility index (Phi) is 2.78. The lowest BCUT2D eigenvalue weighted by atomic mass is 10.3. The molecule has 0 fully saturated rings. The Morgan fingerprint density at radius 3 is 2.50 bits per heavy atom. The molecule has 2 aromatic rings. The zero-order valence-corrected chi connectivity index (χ0v) is 10.1. The first-order chi connectivity index (χ1) is 7.58. The van der Waals surface area contributed by atoms with E-state index in [9.17, 15) is 4.79 Å². The van der Waals surface area contributed by atoms with Crippen LogP contribution >= 0.6 is 15.9 Å². The molecular weight excluding hydrogens is 272 g/mol. The average Bonchev–Trinajstić information content (AvgIpc) is 2.61. The van der Waals surface area contributed by atoms with Crippen LogP contribution in [0.3, 0.4) is 0 Å². The van der Waals surface area contributed by atoms with Crippen LogP contribution in [0, 0.1) is 6.92 Å². The van der Waals surface area contributed by atoms with Gasteiger partial charge >= 0.3 is 5.97 Å². The fraction of sp³-hybridized carbons (Fsp3) is 0.0909. The largest absolute Gasteiger partial charge is 0.478 e. The summed E-state index contributed by atoms with van der Waals surface area (Å²) in [6.45, 7) is 1.68. The van der Waals surface area contributed by atoms with Gasteiger partial charge in [0.05, 0.1) is 11.4 Å². The molecule has 0 bridgehead atoms. The number of hydrogen-bond donors (Lipinski definition) is 1. The second-order valence-corrected chi connectivity index (χ2v) is 4.27. The second kappa shape index (κ2) is 4.09. The Morgan fingerprint density at radius 2 is 2.00 bits per heavy atom. The molecule has 0 saturated carbocycles. The highest BCUT2D eigenvalue weighted by Crippen LogP contribution is 2.15. The van der Waals surface area contributed by atoms with E-state index in [4.69, 9.17) is 5.11 Å². The number of aryl methyl sites for hydroxylation is 1. The molecule has 1 aromatic carbocycles. The van der Waals surface area contributed by atoms with Crippen molar-refractivity contribution in [2.45, 2.75) is 6.92 Å². The van der Waals surface area contributed by atoms with Gasteiger partial charge in [-0.1, -0.05) is 15.9 Å². The number of aromatic nitrogens is 2. The zero-order valence-electron chi connectivity index (χ0n) is 8.51. The lowest BCUT2D eigenvalue weighted by Crippen LogP contribution is -1.95. The van der Waals surface area contributed by atoms with Crippen molar-refractivity contribution in [1.29, 1.82) is 0 Å². The molecule has 0 aliphatic rings. The van der Waals surface area contributed by atoms with Gasteiger partial charge in [0.25, 0.3) is 0 Å². The maximum absolute atomic E-state index is 10.9. The third-order valence-electron chi connectivity index (χ3n) is 2.22. The van der Waals surface area contributed by atoms with Crippen LogP contribution in [-0.2, 0) is 0 Å². The number of carbonyl (C=O) groups is 1. The van der Waals surface area contributed by atoms with E-state index < -0.39 is 5.97 Å². The summed E-state index contributed by atoms with van der Waals surface area (Å²) >= 11 is 3.34. The number of carboxylic acid groups (broad SMARTS) is 1. The van der Waals surface area contributed by atoms with Gasteiger partial charge in [0.1, 0.15) is 5.56 Å². The first kappa shape index (κ1) is 10.9. The Hall–Kier alpha value is -1.62. The van der Waals surface area contributed by atoms with Gasteiger partial charge in [-0.25, -0.2) is 9.48 Å². The molecule has 4 nitrogen and oxygen atoms in total. The maximum Gasteiger partial charge on any atom is 0.339 e. The van der Waals surface area contributed by atoms with E-state index >= 15 is 0 Å². The zero-order chi connectivity index (χ0) is 11.7. The van der Waals surface area contributed by atoms with Gasteiger partial charge in [0, 0.05) is 10.7 Å². The highest BCUT2D eigenvalue weighted by molar-refractivity contribution is 9.10. The van der Waals surface area contributed by atoms with Crippen LogP contribution in [-0.4, -0.2) is 20.9 Å². The highest BCUT2D eigenvalue weighted by Gasteiger charge is 2.12. The SMILES string of the molecule is Cc1nn(-c2ccc(Br)cc2)cc1C(=O)O. The number of halogens is 1. The smallest absolute Gasteiger partial charge is 0.339 e. The highest BCUT2D eigenvalue weighted by atomic mass is 79.9. The molecule has 0 spiro atoms. The average molecular weight is 281 g/mol. The predicted molar refractivity (Wildman–Crippen MR) is 63.0 cm³/mol. The quantitative estimate of drug-likeness (QED) is 0.920. The number of nitrogens with zero attached hydrogens (tertiary/aromatic N) is 2. The number of rotatable bonds is 2. The monoisotopic (exact) mass is 280 g/mol. The maximum atomic E-state index is 10.9. The molecule has 0 aliphatic carbocycles. The summed E-state index contributed by atoms with van der Waals surface area (Å²) in [6.07, 6.45) is 1.51. The van der Waals surface area contributed by atoms with Crippen molar-refractivity contribution < 1.29 is 9.90 Å². The molecule has 0 atom stereocenters. The van der Waals surface area contributed by atoms with Gasteiger partial charge in [-0.15, -0.1) is 0 Å². The minimum Gasteiger partial charge on any atom is -0.478 e. The molecule has 1 heterocycles. The normalized spacial score (nSPS) is 10.4. The predicted octanol–water partition coefficient (Wildman–Crippen LogP) is 2.64. The summed E-state index contributed by atoms with van der Waals surface area (Å²) in [6, 6.07) is 7.49. The van der Waals surface area contributed by atoms with Crippen molar-refractivity contribution >= 4 is 21.9 Å². The van der Waals surface area contributed by atoms with E-state index in [2.05, 4.69) is 21.0 Å². The van der Waals surface area contributed by atoms with Crippen LogP contribution in [0.2, 0.25) is 0 Å². The van der Waals surface area contributed by atoms with Gasteiger partial charge < -0.3 is 5.11 Å². The van der Waals surface area contributed by atoms with Crippen LogP contribution in [0.4, 0.5) is 0 Å². The number of carboxylic acids is 1. The molecule has 82 valence electrons. The Balaban J connectivity index is 2.45. The summed E-state index contributed by atoms with van der Waals surface area (Å²) < 4.78 is 2.53. The standard InChI is InChI=1S/C11H9BrN2O2/c1-7-10(11(15)16)6-14(13-7)9-4-2-8(12)3-5-9/h2-6H,1H3,(H,15,16). The van der Waals surface area contributed by atoms with Crippen molar-refractivity contribution in [3.05, 3.63) is 46.2 Å². The topological polar surface area (TPSA) is 55.1 Å². The Bertz CT molecular complexity index is 531. The van der Waals surface area contributed by atoms with Gasteiger partial charge in [-0.05, 0) is 31.2 Å². The van der Waals surface area contributed by atoms with Crippen molar-refractivity contribution in [3.63, 3.8) is 0 Å². The fourth-order valence-corrected chi connectivity index (χ4v) is 1.66. The minimum absolute atomic E-state index is 0.225. The molecule has 5 heteroatoms. The minimum atomic E-state index is -0.958. The second-order valence-electron chi connectivity index (χ2n) is 3.35. The van der Waals surface area contributed by atoms with Crippen molar-refractivity contribution in [2.24, 2.45) is 0 Å². The summed E-state index contributed by atoms with van der Waals surface area (Å²) in [5, 5.41) is 13.1. The van der Waals surface area contributed by atoms with E-state index in [1.54, 1.807) is 11.6 Å². The van der Waals surface area contributed by atoms with Crippen molar-refractivity contribution in [1.82, 2.24) is 9.78 Å². The lowest BCUT2D eigenvalue weighted by molar-refractivity contribution is 0.0696. The summed E-state index contributed by atoms with van der Waals surface area (Å²) in [5.74, 6) is -0.958. The molecule has 0 radical (unpaired) electrons. The Morgan fingerprint density at radius 1 is 1.38 bits per heavy atom. The first-order valence-corrected chi connectivity index (χ1v) is 5.43. The van der Waals surface area contributed by atoms with Crippen LogP contribution in [0.15, 0.2) is 34.9 Å². The molecule has 0 unspecified atom stereocenters. The number of hydrogen-bond acceptors (Lipinski definition) is 2. The molecule has 1 aromatic heterocycles. The van der Waals surface area contributed by atoms with E-state index in [0.717, 1.165) is 10.2 Å². The molecule has 0 amide bonds.